The zero-order chi connectivity index (χ0) is 13.1. The van der Waals surface area contributed by atoms with Crippen LogP contribution in [0.3, 0.4) is 0 Å². The molecule has 1 aromatic carbocycles. The highest BCUT2D eigenvalue weighted by atomic mass is 16.5. The quantitative estimate of drug-likeness (QED) is 0.720. The first-order valence-corrected chi connectivity index (χ1v) is 6.72. The third-order valence-corrected chi connectivity index (χ3v) is 3.40. The summed E-state index contributed by atoms with van der Waals surface area (Å²) in [4.78, 5) is 0. The summed E-state index contributed by atoms with van der Waals surface area (Å²) < 4.78 is 5.46. The summed E-state index contributed by atoms with van der Waals surface area (Å²) in [5.41, 5.74) is 5.50. The van der Waals surface area contributed by atoms with Crippen molar-refractivity contribution in [3.8, 4) is 0 Å². The van der Waals surface area contributed by atoms with Crippen LogP contribution >= 0.6 is 0 Å². The Labute approximate surface area is 110 Å². The van der Waals surface area contributed by atoms with Crippen molar-refractivity contribution < 1.29 is 4.74 Å². The van der Waals surface area contributed by atoms with Crippen LogP contribution in [0.2, 0.25) is 0 Å². The van der Waals surface area contributed by atoms with Crippen molar-refractivity contribution in [2.75, 3.05) is 6.61 Å². The van der Waals surface area contributed by atoms with E-state index >= 15 is 0 Å². The molecule has 0 saturated carbocycles. The van der Waals surface area contributed by atoms with Crippen LogP contribution in [0.5, 0.6) is 0 Å². The minimum Gasteiger partial charge on any atom is -0.497 e. The molecule has 0 atom stereocenters. The fourth-order valence-electron chi connectivity index (χ4n) is 2.48. The van der Waals surface area contributed by atoms with E-state index in [4.69, 9.17) is 4.74 Å². The highest BCUT2D eigenvalue weighted by molar-refractivity contribution is 5.78. The molecule has 0 N–H and O–H groups in total. The van der Waals surface area contributed by atoms with E-state index in [0.717, 1.165) is 0 Å². The topological polar surface area (TPSA) is 9.23 Å². The van der Waals surface area contributed by atoms with Crippen molar-refractivity contribution in [1.82, 2.24) is 0 Å². The number of fused-ring (bicyclic) bond motifs is 1. The maximum Gasteiger partial charge on any atom is 0.106 e. The van der Waals surface area contributed by atoms with Gasteiger partial charge >= 0.3 is 0 Å². The van der Waals surface area contributed by atoms with Crippen LogP contribution in [0.15, 0.2) is 30.5 Å². The Bertz CT molecular complexity index is 478. The lowest BCUT2D eigenvalue weighted by Crippen LogP contribution is -2.05. The lowest BCUT2D eigenvalue weighted by atomic mass is 9.84. The molecule has 0 spiro atoms. The average molecular weight is 242 g/mol. The molecule has 1 nitrogen and oxygen atoms in total. The van der Waals surface area contributed by atoms with Gasteiger partial charge in [-0.1, -0.05) is 45.9 Å². The molecule has 1 aliphatic rings. The number of ether oxygens (including phenoxy) is 1. The molecule has 1 heteroatoms. The van der Waals surface area contributed by atoms with Gasteiger partial charge in [-0.15, -0.1) is 0 Å². The highest BCUT2D eigenvalue weighted by Gasteiger charge is 2.17. The first-order valence-electron chi connectivity index (χ1n) is 6.72. The zero-order valence-electron chi connectivity index (χ0n) is 11.7. The molecule has 0 amide bonds. The van der Waals surface area contributed by atoms with Gasteiger partial charge in [-0.05, 0) is 46.3 Å². The monoisotopic (exact) mass is 242 g/mol. The van der Waals surface area contributed by atoms with Gasteiger partial charge in [-0.2, -0.15) is 0 Å². The normalized spacial score (nSPS) is 19.6. The van der Waals surface area contributed by atoms with Crippen LogP contribution in [0, 0.1) is 5.92 Å². The fraction of sp³-hybridized carbons (Fsp3) is 0.412. The Kier molecular flexibility index (Phi) is 3.90. The van der Waals surface area contributed by atoms with Gasteiger partial charge in [0.1, 0.15) is 6.61 Å². The fourth-order valence-corrected chi connectivity index (χ4v) is 2.48. The van der Waals surface area contributed by atoms with E-state index in [1.807, 2.05) is 0 Å². The molecule has 0 radical (unpaired) electrons. The van der Waals surface area contributed by atoms with Crippen molar-refractivity contribution in [3.05, 3.63) is 47.2 Å². The van der Waals surface area contributed by atoms with Gasteiger partial charge < -0.3 is 4.74 Å². The molecule has 1 aromatic rings. The molecule has 96 valence electrons. The van der Waals surface area contributed by atoms with Gasteiger partial charge in [0.25, 0.3) is 0 Å². The molecule has 0 aromatic heterocycles. The van der Waals surface area contributed by atoms with Crippen LogP contribution < -0.4 is 0 Å². The molecule has 1 heterocycles. The minimum atomic E-state index is 0.513. The summed E-state index contributed by atoms with van der Waals surface area (Å²) in [5.74, 6) is 1.05. The van der Waals surface area contributed by atoms with E-state index in [9.17, 15) is 0 Å². The molecule has 1 aliphatic heterocycles. The second kappa shape index (κ2) is 5.43. The summed E-state index contributed by atoms with van der Waals surface area (Å²) >= 11 is 0. The van der Waals surface area contributed by atoms with Crippen molar-refractivity contribution >= 4 is 11.6 Å². The van der Waals surface area contributed by atoms with Crippen molar-refractivity contribution in [1.29, 1.82) is 0 Å². The molecular weight excluding hydrogens is 220 g/mol. The minimum absolute atomic E-state index is 0.513. The second-order valence-electron chi connectivity index (χ2n) is 5.42. The maximum absolute atomic E-state index is 5.46. The number of hydrogen-bond acceptors (Lipinski definition) is 1. The molecule has 0 fully saturated rings. The summed E-state index contributed by atoms with van der Waals surface area (Å²) in [6.45, 7) is 9.67. The van der Waals surface area contributed by atoms with Gasteiger partial charge in [0.2, 0.25) is 0 Å². The molecule has 2 rings (SSSR count). The van der Waals surface area contributed by atoms with E-state index in [1.165, 1.54) is 22.3 Å². The Balaban J connectivity index is 2.67. The molecule has 0 aliphatic carbocycles. The third kappa shape index (κ3) is 2.50. The summed E-state index contributed by atoms with van der Waals surface area (Å²) in [6.07, 6.45) is 6.10. The number of benzene rings is 1. The van der Waals surface area contributed by atoms with E-state index in [1.54, 1.807) is 6.26 Å². The van der Waals surface area contributed by atoms with Crippen LogP contribution in [0.25, 0.3) is 11.6 Å². The van der Waals surface area contributed by atoms with E-state index in [-0.39, 0.29) is 0 Å². The third-order valence-electron chi connectivity index (χ3n) is 3.40. The van der Waals surface area contributed by atoms with Gasteiger partial charge in [-0.3, -0.25) is 0 Å². The average Bonchev–Trinajstić information content (AvgIpc) is 2.28. The van der Waals surface area contributed by atoms with Gasteiger partial charge in [0.05, 0.1) is 6.26 Å². The van der Waals surface area contributed by atoms with Gasteiger partial charge in [0, 0.05) is 0 Å². The van der Waals surface area contributed by atoms with E-state index < -0.39 is 0 Å². The van der Waals surface area contributed by atoms with Gasteiger partial charge in [0.15, 0.2) is 0 Å². The van der Waals surface area contributed by atoms with Gasteiger partial charge in [-0.25, -0.2) is 0 Å². The van der Waals surface area contributed by atoms with E-state index in [0.29, 0.717) is 18.4 Å². The molecule has 0 unspecified atom stereocenters. The molecule has 0 bridgehead atoms. The molecule has 18 heavy (non-hydrogen) atoms. The van der Waals surface area contributed by atoms with Crippen molar-refractivity contribution in [3.63, 3.8) is 0 Å². The summed E-state index contributed by atoms with van der Waals surface area (Å²) in [6, 6.07) is 6.55. The first-order chi connectivity index (χ1) is 8.61. The lowest BCUT2D eigenvalue weighted by Gasteiger charge is -2.22. The predicted octanol–water partition coefficient (Wildman–Crippen LogP) is 4.85. The van der Waals surface area contributed by atoms with Crippen molar-refractivity contribution in [2.24, 2.45) is 5.92 Å². The summed E-state index contributed by atoms with van der Waals surface area (Å²) in [7, 11) is 0. The Hall–Kier alpha value is -1.50. The predicted molar refractivity (Wildman–Crippen MR) is 78.3 cm³/mol. The van der Waals surface area contributed by atoms with Crippen LogP contribution in [-0.2, 0) is 4.74 Å². The van der Waals surface area contributed by atoms with E-state index in [2.05, 4.69) is 58.0 Å². The maximum atomic E-state index is 5.46. The largest absolute Gasteiger partial charge is 0.497 e. The van der Waals surface area contributed by atoms with Crippen molar-refractivity contribution in [2.45, 2.75) is 33.6 Å². The summed E-state index contributed by atoms with van der Waals surface area (Å²) in [5, 5.41) is 0. The second-order valence-corrected chi connectivity index (χ2v) is 5.42. The molecular formula is C17H22O. The number of hydrogen-bond donors (Lipinski definition) is 0. The Morgan fingerprint density at radius 3 is 2.50 bits per heavy atom. The Morgan fingerprint density at radius 1 is 1.06 bits per heavy atom. The zero-order valence-corrected chi connectivity index (χ0v) is 11.7. The highest BCUT2D eigenvalue weighted by Crippen LogP contribution is 2.34. The Morgan fingerprint density at radius 2 is 1.83 bits per heavy atom. The molecule has 0 saturated heterocycles. The number of allylic oxidation sites excluding steroid dienone is 1. The first kappa shape index (κ1) is 12.9. The van der Waals surface area contributed by atoms with Crippen LogP contribution in [0.1, 0.15) is 50.3 Å². The smallest absolute Gasteiger partial charge is 0.106 e. The van der Waals surface area contributed by atoms with Crippen LogP contribution in [-0.4, -0.2) is 6.61 Å². The number of rotatable bonds is 2. The standard InChI is InChI=1S/C17H22O/c1-12(2)15-7-5-6-14-8-10-18-11-9-16(13(3)4)17(14)15/h5-10,12-13H,11H2,1-4H3/b10-8-,16-9-. The van der Waals surface area contributed by atoms with Crippen LogP contribution in [0.4, 0.5) is 0 Å². The SMILES string of the molecule is CC(C)/C1=C/CO/C=C\c2cccc(C(C)C)c21. The lowest BCUT2D eigenvalue weighted by molar-refractivity contribution is 0.292.